The van der Waals surface area contributed by atoms with Crippen LogP contribution in [0.3, 0.4) is 0 Å². The lowest BCUT2D eigenvalue weighted by molar-refractivity contribution is -0.142. The Labute approximate surface area is 121 Å². The Kier molecular flexibility index (Phi) is 5.17. The molecule has 0 aliphatic rings. The second-order valence-electron chi connectivity index (χ2n) is 4.16. The molecule has 0 fully saturated rings. The van der Waals surface area contributed by atoms with Gasteiger partial charge in [0.25, 0.3) is 5.89 Å². The van der Waals surface area contributed by atoms with Gasteiger partial charge in [0.15, 0.2) is 6.61 Å². The van der Waals surface area contributed by atoms with Crippen molar-refractivity contribution in [3.05, 3.63) is 35.7 Å². The molecule has 106 valence electrons. The van der Waals surface area contributed by atoms with E-state index >= 15 is 0 Å². The lowest BCUT2D eigenvalue weighted by Gasteiger charge is -2.00. The van der Waals surface area contributed by atoms with Crippen LogP contribution in [-0.2, 0) is 16.1 Å². The predicted octanol–water partition coefficient (Wildman–Crippen LogP) is 2.84. The maximum atomic E-state index is 11.4. The molecular formula is C14H16N2O3S. The van der Waals surface area contributed by atoms with Gasteiger partial charge in [-0.3, -0.25) is 4.79 Å². The zero-order valence-corrected chi connectivity index (χ0v) is 12.3. The van der Waals surface area contributed by atoms with Gasteiger partial charge in [-0.15, -0.1) is 10.2 Å². The normalized spacial score (nSPS) is 10.5. The summed E-state index contributed by atoms with van der Waals surface area (Å²) in [5.74, 6) is 1.68. The SMILES string of the molecule is CCSCC(=O)OCc1nnc(-c2ccc(C)cc2)o1. The number of rotatable bonds is 6. The Morgan fingerprint density at radius 2 is 2.05 bits per heavy atom. The van der Waals surface area contributed by atoms with Crippen molar-refractivity contribution in [1.29, 1.82) is 0 Å². The molecule has 0 N–H and O–H groups in total. The number of hydrogen-bond acceptors (Lipinski definition) is 6. The minimum atomic E-state index is -0.271. The van der Waals surface area contributed by atoms with Crippen molar-refractivity contribution in [3.8, 4) is 11.5 Å². The first-order valence-corrected chi connectivity index (χ1v) is 7.47. The Morgan fingerprint density at radius 3 is 2.75 bits per heavy atom. The van der Waals surface area contributed by atoms with E-state index in [1.807, 2.05) is 38.1 Å². The van der Waals surface area contributed by atoms with Crippen molar-refractivity contribution in [2.75, 3.05) is 11.5 Å². The summed E-state index contributed by atoms with van der Waals surface area (Å²) in [4.78, 5) is 11.4. The predicted molar refractivity (Wildman–Crippen MR) is 77.3 cm³/mol. The van der Waals surface area contributed by atoms with E-state index in [2.05, 4.69) is 10.2 Å². The quantitative estimate of drug-likeness (QED) is 0.763. The first-order chi connectivity index (χ1) is 9.69. The highest BCUT2D eigenvalue weighted by Crippen LogP contribution is 2.18. The van der Waals surface area contributed by atoms with Gasteiger partial charge in [-0.1, -0.05) is 24.6 Å². The van der Waals surface area contributed by atoms with Crippen LogP contribution in [0.1, 0.15) is 18.4 Å². The van der Waals surface area contributed by atoms with Gasteiger partial charge in [0.2, 0.25) is 5.89 Å². The number of hydrogen-bond donors (Lipinski definition) is 0. The van der Waals surface area contributed by atoms with Crippen molar-refractivity contribution in [2.24, 2.45) is 0 Å². The van der Waals surface area contributed by atoms with Gasteiger partial charge in [0.1, 0.15) is 0 Å². The molecule has 20 heavy (non-hydrogen) atoms. The average Bonchev–Trinajstić information content (AvgIpc) is 2.92. The van der Waals surface area contributed by atoms with Crippen molar-refractivity contribution in [3.63, 3.8) is 0 Å². The van der Waals surface area contributed by atoms with Crippen molar-refractivity contribution in [1.82, 2.24) is 10.2 Å². The third-order valence-electron chi connectivity index (χ3n) is 2.55. The number of aryl methyl sites for hydroxylation is 1. The molecule has 1 aromatic carbocycles. The molecule has 0 saturated heterocycles. The van der Waals surface area contributed by atoms with Crippen LogP contribution in [0.15, 0.2) is 28.7 Å². The maximum Gasteiger partial charge on any atom is 0.316 e. The maximum absolute atomic E-state index is 11.4. The van der Waals surface area contributed by atoms with Crippen molar-refractivity contribution >= 4 is 17.7 Å². The van der Waals surface area contributed by atoms with Crippen LogP contribution in [0.5, 0.6) is 0 Å². The topological polar surface area (TPSA) is 65.2 Å². The van der Waals surface area contributed by atoms with E-state index in [-0.39, 0.29) is 12.6 Å². The van der Waals surface area contributed by atoms with E-state index in [0.717, 1.165) is 16.9 Å². The monoisotopic (exact) mass is 292 g/mol. The highest BCUT2D eigenvalue weighted by Gasteiger charge is 2.10. The number of esters is 1. The van der Waals surface area contributed by atoms with E-state index in [4.69, 9.17) is 9.15 Å². The van der Waals surface area contributed by atoms with E-state index in [9.17, 15) is 4.79 Å². The number of ether oxygens (including phenoxy) is 1. The molecule has 0 atom stereocenters. The molecule has 2 aromatic rings. The second kappa shape index (κ2) is 7.09. The van der Waals surface area contributed by atoms with Crippen LogP contribution in [0, 0.1) is 6.92 Å². The number of nitrogens with zero attached hydrogens (tertiary/aromatic N) is 2. The molecule has 0 aliphatic carbocycles. The Bertz CT molecular complexity index is 566. The Hall–Kier alpha value is -1.82. The molecule has 0 unspecified atom stereocenters. The first-order valence-electron chi connectivity index (χ1n) is 6.32. The summed E-state index contributed by atoms with van der Waals surface area (Å²) in [6.45, 7) is 4.02. The molecular weight excluding hydrogens is 276 g/mol. The van der Waals surface area contributed by atoms with Gasteiger partial charge in [-0.2, -0.15) is 11.8 Å². The minimum absolute atomic E-state index is 0.0158. The fraction of sp³-hybridized carbons (Fsp3) is 0.357. The lowest BCUT2D eigenvalue weighted by atomic mass is 10.1. The van der Waals surface area contributed by atoms with Gasteiger partial charge in [0, 0.05) is 5.56 Å². The number of aromatic nitrogens is 2. The zero-order chi connectivity index (χ0) is 14.4. The standard InChI is InChI=1S/C14H16N2O3S/c1-3-20-9-13(17)18-8-12-15-16-14(19-12)11-6-4-10(2)5-7-11/h4-7H,3,8-9H2,1-2H3. The van der Waals surface area contributed by atoms with Crippen LogP contribution in [0.2, 0.25) is 0 Å². The molecule has 0 radical (unpaired) electrons. The molecule has 0 saturated carbocycles. The fourth-order valence-corrected chi connectivity index (χ4v) is 1.95. The smallest absolute Gasteiger partial charge is 0.316 e. The Morgan fingerprint density at radius 1 is 1.30 bits per heavy atom. The lowest BCUT2D eigenvalue weighted by Crippen LogP contribution is -2.07. The number of benzene rings is 1. The zero-order valence-electron chi connectivity index (χ0n) is 11.5. The summed E-state index contributed by atoms with van der Waals surface area (Å²) in [6, 6.07) is 7.77. The van der Waals surface area contributed by atoms with Crippen LogP contribution >= 0.6 is 11.8 Å². The highest BCUT2D eigenvalue weighted by atomic mass is 32.2. The summed E-state index contributed by atoms with van der Waals surface area (Å²) in [5.41, 5.74) is 2.01. The third-order valence-corrected chi connectivity index (χ3v) is 3.39. The molecule has 0 amide bonds. The van der Waals surface area contributed by atoms with Gasteiger partial charge in [-0.05, 0) is 24.8 Å². The van der Waals surface area contributed by atoms with Gasteiger partial charge in [-0.25, -0.2) is 0 Å². The third kappa shape index (κ3) is 4.09. The first kappa shape index (κ1) is 14.6. The molecule has 6 heteroatoms. The fourth-order valence-electron chi connectivity index (χ4n) is 1.49. The summed E-state index contributed by atoms with van der Waals surface area (Å²) in [7, 11) is 0. The van der Waals surface area contributed by atoms with Gasteiger partial charge in [0.05, 0.1) is 5.75 Å². The van der Waals surface area contributed by atoms with E-state index in [1.54, 1.807) is 0 Å². The van der Waals surface area contributed by atoms with Crippen LogP contribution in [0.25, 0.3) is 11.5 Å². The Balaban J connectivity index is 1.92. The summed E-state index contributed by atoms with van der Waals surface area (Å²) in [5, 5.41) is 7.81. The van der Waals surface area contributed by atoms with E-state index < -0.39 is 0 Å². The summed E-state index contributed by atoms with van der Waals surface area (Å²) >= 11 is 1.51. The highest BCUT2D eigenvalue weighted by molar-refractivity contribution is 7.99. The van der Waals surface area contributed by atoms with Gasteiger partial charge < -0.3 is 9.15 Å². The number of carbonyl (C=O) groups is 1. The molecule has 5 nitrogen and oxygen atoms in total. The number of carbonyl (C=O) groups excluding carboxylic acids is 1. The second-order valence-corrected chi connectivity index (χ2v) is 5.44. The molecule has 2 rings (SSSR count). The van der Waals surface area contributed by atoms with Crippen LogP contribution in [-0.4, -0.2) is 27.7 Å². The molecule has 0 bridgehead atoms. The van der Waals surface area contributed by atoms with Crippen LogP contribution in [0.4, 0.5) is 0 Å². The number of thioether (sulfide) groups is 1. The molecule has 0 aliphatic heterocycles. The summed E-state index contributed by atoms with van der Waals surface area (Å²) < 4.78 is 10.5. The average molecular weight is 292 g/mol. The minimum Gasteiger partial charge on any atom is -0.455 e. The van der Waals surface area contributed by atoms with Crippen molar-refractivity contribution in [2.45, 2.75) is 20.5 Å². The molecule has 1 heterocycles. The van der Waals surface area contributed by atoms with Crippen molar-refractivity contribution < 1.29 is 13.9 Å². The van der Waals surface area contributed by atoms with Crippen LogP contribution < -0.4 is 0 Å². The molecule has 1 aromatic heterocycles. The molecule has 0 spiro atoms. The van der Waals surface area contributed by atoms with E-state index in [1.165, 1.54) is 11.8 Å². The van der Waals surface area contributed by atoms with Gasteiger partial charge >= 0.3 is 5.97 Å². The van der Waals surface area contributed by atoms with E-state index in [0.29, 0.717) is 17.5 Å². The largest absolute Gasteiger partial charge is 0.455 e. The summed E-state index contributed by atoms with van der Waals surface area (Å²) in [6.07, 6.45) is 0.